The molecule has 0 aliphatic heterocycles. The normalized spacial score (nSPS) is 14.1. The van der Waals surface area contributed by atoms with Gasteiger partial charge in [-0.1, -0.05) is 54.2 Å². The highest BCUT2D eigenvalue weighted by Gasteiger charge is 2.22. The second kappa shape index (κ2) is 7.69. The van der Waals surface area contributed by atoms with Crippen molar-refractivity contribution < 1.29 is 4.79 Å². The third-order valence-corrected chi connectivity index (χ3v) is 6.18. The Balaban J connectivity index is 1.55. The standard InChI is InChI=1S/C22H23N3OS/c1-3-25-21(17-8-5-4-6-9-17)23-24-22(25)27-15(2)20(26)19-13-12-16-10-7-11-18(16)14-19/h4-6,8-9,12-15H,3,7,10-11H2,1-2H3. The number of aryl methyl sites for hydroxylation is 2. The van der Waals surface area contributed by atoms with E-state index in [1.165, 1.54) is 29.3 Å². The molecule has 1 atom stereocenters. The smallest absolute Gasteiger partial charge is 0.192 e. The summed E-state index contributed by atoms with van der Waals surface area (Å²) in [5.74, 6) is 0.999. The predicted octanol–water partition coefficient (Wildman–Crippen LogP) is 4.82. The first-order valence-corrected chi connectivity index (χ1v) is 10.4. The molecule has 1 aliphatic rings. The number of ketones is 1. The van der Waals surface area contributed by atoms with Gasteiger partial charge in [-0.2, -0.15) is 0 Å². The molecule has 0 spiro atoms. The average Bonchev–Trinajstić information content (AvgIpc) is 3.33. The molecule has 27 heavy (non-hydrogen) atoms. The molecular weight excluding hydrogens is 354 g/mol. The number of carbonyl (C=O) groups is 1. The number of benzene rings is 2. The van der Waals surface area contributed by atoms with Gasteiger partial charge in [-0.05, 0) is 50.3 Å². The Morgan fingerprint density at radius 3 is 2.67 bits per heavy atom. The zero-order chi connectivity index (χ0) is 18.8. The van der Waals surface area contributed by atoms with E-state index in [1.807, 2.05) is 43.3 Å². The first kappa shape index (κ1) is 18.0. The largest absolute Gasteiger partial charge is 0.302 e. The van der Waals surface area contributed by atoms with Crippen LogP contribution in [0.2, 0.25) is 0 Å². The van der Waals surface area contributed by atoms with Crippen molar-refractivity contribution in [2.75, 3.05) is 0 Å². The highest BCUT2D eigenvalue weighted by atomic mass is 32.2. The molecule has 0 bridgehead atoms. The molecule has 0 radical (unpaired) electrons. The van der Waals surface area contributed by atoms with Crippen LogP contribution in [0.25, 0.3) is 11.4 Å². The van der Waals surface area contributed by atoms with Gasteiger partial charge in [0.1, 0.15) is 0 Å². The van der Waals surface area contributed by atoms with Crippen LogP contribution in [0.3, 0.4) is 0 Å². The van der Waals surface area contributed by atoms with Crippen LogP contribution in [0.15, 0.2) is 53.7 Å². The monoisotopic (exact) mass is 377 g/mol. The van der Waals surface area contributed by atoms with Crippen LogP contribution in [0.1, 0.15) is 41.8 Å². The SMILES string of the molecule is CCn1c(SC(C)C(=O)c2ccc3c(c2)CCC3)nnc1-c1ccccc1. The number of aromatic nitrogens is 3. The maximum Gasteiger partial charge on any atom is 0.192 e. The third-order valence-electron chi connectivity index (χ3n) is 5.10. The van der Waals surface area contributed by atoms with Gasteiger partial charge < -0.3 is 4.57 Å². The molecule has 0 N–H and O–H groups in total. The van der Waals surface area contributed by atoms with E-state index in [4.69, 9.17) is 0 Å². The second-order valence-electron chi connectivity index (χ2n) is 6.88. The molecule has 1 aromatic heterocycles. The molecule has 0 saturated carbocycles. The molecule has 4 rings (SSSR count). The van der Waals surface area contributed by atoms with Crippen molar-refractivity contribution in [1.29, 1.82) is 0 Å². The fourth-order valence-corrected chi connectivity index (χ4v) is 4.62. The van der Waals surface area contributed by atoms with E-state index < -0.39 is 0 Å². The summed E-state index contributed by atoms with van der Waals surface area (Å²) in [6.07, 6.45) is 3.41. The Bertz CT molecular complexity index is 965. The van der Waals surface area contributed by atoms with Crippen LogP contribution in [0, 0.1) is 0 Å². The van der Waals surface area contributed by atoms with Gasteiger partial charge in [0.25, 0.3) is 0 Å². The zero-order valence-electron chi connectivity index (χ0n) is 15.7. The number of Topliss-reactive ketones (excluding diaryl/α,β-unsaturated/α-hetero) is 1. The molecule has 5 heteroatoms. The second-order valence-corrected chi connectivity index (χ2v) is 8.19. The molecule has 0 saturated heterocycles. The van der Waals surface area contributed by atoms with Crippen molar-refractivity contribution >= 4 is 17.5 Å². The van der Waals surface area contributed by atoms with Gasteiger partial charge in [0.15, 0.2) is 16.8 Å². The van der Waals surface area contributed by atoms with Crippen molar-refractivity contribution in [3.63, 3.8) is 0 Å². The van der Waals surface area contributed by atoms with E-state index in [9.17, 15) is 4.79 Å². The summed E-state index contributed by atoms with van der Waals surface area (Å²) in [5, 5.41) is 9.32. The molecule has 0 fully saturated rings. The van der Waals surface area contributed by atoms with Crippen molar-refractivity contribution in [1.82, 2.24) is 14.8 Å². The van der Waals surface area contributed by atoms with Gasteiger partial charge in [-0.25, -0.2) is 0 Å². The lowest BCUT2D eigenvalue weighted by Crippen LogP contribution is -2.15. The number of hydrogen-bond acceptors (Lipinski definition) is 4. The van der Waals surface area contributed by atoms with Crippen LogP contribution in [0.5, 0.6) is 0 Å². The summed E-state index contributed by atoms with van der Waals surface area (Å²) in [5.41, 5.74) is 4.57. The molecule has 1 aliphatic carbocycles. The van der Waals surface area contributed by atoms with E-state index in [2.05, 4.69) is 33.8 Å². The maximum atomic E-state index is 12.9. The lowest BCUT2D eigenvalue weighted by molar-refractivity contribution is 0.0993. The molecule has 138 valence electrons. The molecule has 0 amide bonds. The van der Waals surface area contributed by atoms with Crippen molar-refractivity contribution in [3.8, 4) is 11.4 Å². The van der Waals surface area contributed by atoms with Crippen LogP contribution >= 0.6 is 11.8 Å². The third kappa shape index (κ3) is 3.56. The van der Waals surface area contributed by atoms with Gasteiger partial charge in [0.05, 0.1) is 5.25 Å². The number of fused-ring (bicyclic) bond motifs is 1. The maximum absolute atomic E-state index is 12.9. The van der Waals surface area contributed by atoms with Crippen LogP contribution in [-0.4, -0.2) is 25.8 Å². The number of hydrogen-bond donors (Lipinski definition) is 0. The predicted molar refractivity (Wildman–Crippen MR) is 109 cm³/mol. The van der Waals surface area contributed by atoms with Gasteiger partial charge in [-0.15, -0.1) is 10.2 Å². The van der Waals surface area contributed by atoms with E-state index in [1.54, 1.807) is 0 Å². The van der Waals surface area contributed by atoms with Crippen molar-refractivity contribution in [2.24, 2.45) is 0 Å². The summed E-state index contributed by atoms with van der Waals surface area (Å²) in [4.78, 5) is 12.9. The Hall–Kier alpha value is -2.40. The minimum Gasteiger partial charge on any atom is -0.302 e. The van der Waals surface area contributed by atoms with Crippen LogP contribution in [0.4, 0.5) is 0 Å². The molecular formula is C22H23N3OS. The fraction of sp³-hybridized carbons (Fsp3) is 0.318. The molecule has 1 unspecified atom stereocenters. The number of carbonyl (C=O) groups excluding carboxylic acids is 1. The fourth-order valence-electron chi connectivity index (χ4n) is 3.63. The summed E-state index contributed by atoms with van der Waals surface area (Å²) < 4.78 is 2.08. The lowest BCUT2D eigenvalue weighted by Gasteiger charge is -2.12. The minimum atomic E-state index is -0.206. The van der Waals surface area contributed by atoms with E-state index in [-0.39, 0.29) is 11.0 Å². The quantitative estimate of drug-likeness (QED) is 0.456. The average molecular weight is 378 g/mol. The van der Waals surface area contributed by atoms with Gasteiger partial charge in [-0.3, -0.25) is 4.79 Å². The Kier molecular flexibility index (Phi) is 5.12. The van der Waals surface area contributed by atoms with E-state index in [0.29, 0.717) is 0 Å². The number of rotatable bonds is 6. The summed E-state index contributed by atoms with van der Waals surface area (Å²) in [7, 11) is 0. The lowest BCUT2D eigenvalue weighted by atomic mass is 10.0. The van der Waals surface area contributed by atoms with E-state index in [0.717, 1.165) is 41.5 Å². The highest BCUT2D eigenvalue weighted by Crippen LogP contribution is 2.29. The molecule has 2 aromatic carbocycles. The van der Waals surface area contributed by atoms with Crippen LogP contribution in [-0.2, 0) is 19.4 Å². The zero-order valence-corrected chi connectivity index (χ0v) is 16.5. The Labute approximate surface area is 164 Å². The van der Waals surface area contributed by atoms with E-state index >= 15 is 0 Å². The number of thioether (sulfide) groups is 1. The summed E-state index contributed by atoms with van der Waals surface area (Å²) in [6.45, 7) is 4.79. The summed E-state index contributed by atoms with van der Waals surface area (Å²) in [6, 6.07) is 16.2. The Morgan fingerprint density at radius 1 is 1.11 bits per heavy atom. The highest BCUT2D eigenvalue weighted by molar-refractivity contribution is 8.00. The van der Waals surface area contributed by atoms with Crippen molar-refractivity contribution in [2.45, 2.75) is 50.1 Å². The van der Waals surface area contributed by atoms with Crippen molar-refractivity contribution in [3.05, 3.63) is 65.2 Å². The van der Waals surface area contributed by atoms with Gasteiger partial charge in [0, 0.05) is 17.7 Å². The number of nitrogens with zero attached hydrogens (tertiary/aromatic N) is 3. The molecule has 1 heterocycles. The minimum absolute atomic E-state index is 0.154. The first-order valence-electron chi connectivity index (χ1n) is 9.48. The Morgan fingerprint density at radius 2 is 1.89 bits per heavy atom. The van der Waals surface area contributed by atoms with Crippen LogP contribution < -0.4 is 0 Å². The first-order chi connectivity index (χ1) is 13.2. The van der Waals surface area contributed by atoms with Gasteiger partial charge in [0.2, 0.25) is 0 Å². The topological polar surface area (TPSA) is 47.8 Å². The summed E-state index contributed by atoms with van der Waals surface area (Å²) >= 11 is 1.49. The van der Waals surface area contributed by atoms with Gasteiger partial charge >= 0.3 is 0 Å². The molecule has 4 nitrogen and oxygen atoms in total. The molecule has 3 aromatic rings.